The lowest BCUT2D eigenvalue weighted by molar-refractivity contribution is 0.617. The average molecular weight is 289 g/mol. The SMILES string of the molecule is C=CCCCC(N)c1ccc(Cl)c(Br)c1. The zero-order chi connectivity index (χ0) is 11.3. The second kappa shape index (κ2) is 6.31. The van der Waals surface area contributed by atoms with Crippen molar-refractivity contribution in [1.29, 1.82) is 0 Å². The van der Waals surface area contributed by atoms with Gasteiger partial charge in [0.05, 0.1) is 5.02 Å². The minimum Gasteiger partial charge on any atom is -0.324 e. The normalized spacial score (nSPS) is 12.5. The van der Waals surface area contributed by atoms with Crippen LogP contribution in [0.3, 0.4) is 0 Å². The van der Waals surface area contributed by atoms with Crippen LogP contribution in [0.4, 0.5) is 0 Å². The highest BCUT2D eigenvalue weighted by Gasteiger charge is 2.07. The Bertz CT molecular complexity index is 338. The number of rotatable bonds is 5. The van der Waals surface area contributed by atoms with Crippen molar-refractivity contribution < 1.29 is 0 Å². The van der Waals surface area contributed by atoms with Crippen LogP contribution in [0, 0.1) is 0 Å². The molecule has 3 heteroatoms. The number of hydrogen-bond donors (Lipinski definition) is 1. The molecule has 0 radical (unpaired) electrons. The topological polar surface area (TPSA) is 26.0 Å². The third-order valence-electron chi connectivity index (χ3n) is 2.30. The first-order chi connectivity index (χ1) is 7.15. The Hall–Kier alpha value is -0.310. The molecular formula is C12H15BrClN. The first kappa shape index (κ1) is 12.8. The van der Waals surface area contributed by atoms with Crippen LogP contribution in [-0.2, 0) is 0 Å². The van der Waals surface area contributed by atoms with Crippen molar-refractivity contribution in [3.8, 4) is 0 Å². The Labute approximate surface area is 104 Å². The van der Waals surface area contributed by atoms with Crippen LogP contribution in [0.1, 0.15) is 30.9 Å². The van der Waals surface area contributed by atoms with Crippen molar-refractivity contribution in [2.45, 2.75) is 25.3 Å². The number of unbranched alkanes of at least 4 members (excludes halogenated alkanes) is 1. The van der Waals surface area contributed by atoms with Gasteiger partial charge >= 0.3 is 0 Å². The smallest absolute Gasteiger partial charge is 0.0548 e. The van der Waals surface area contributed by atoms with Gasteiger partial charge in [-0.15, -0.1) is 6.58 Å². The van der Waals surface area contributed by atoms with E-state index in [1.54, 1.807) is 0 Å². The minimum atomic E-state index is 0.0820. The molecule has 0 aliphatic rings. The lowest BCUT2D eigenvalue weighted by Gasteiger charge is -2.12. The van der Waals surface area contributed by atoms with Gasteiger partial charge in [0.2, 0.25) is 0 Å². The highest BCUT2D eigenvalue weighted by Crippen LogP contribution is 2.26. The van der Waals surface area contributed by atoms with Crippen LogP contribution in [0.2, 0.25) is 5.02 Å². The lowest BCUT2D eigenvalue weighted by atomic mass is 10.0. The van der Waals surface area contributed by atoms with Crippen molar-refractivity contribution in [3.05, 3.63) is 45.9 Å². The summed E-state index contributed by atoms with van der Waals surface area (Å²) < 4.78 is 0.904. The molecule has 0 bridgehead atoms. The predicted molar refractivity (Wildman–Crippen MR) is 70.1 cm³/mol. The summed E-state index contributed by atoms with van der Waals surface area (Å²) in [5, 5.41) is 0.719. The third-order valence-corrected chi connectivity index (χ3v) is 3.51. The third kappa shape index (κ3) is 3.98. The van der Waals surface area contributed by atoms with E-state index < -0.39 is 0 Å². The lowest BCUT2D eigenvalue weighted by Crippen LogP contribution is -2.09. The summed E-state index contributed by atoms with van der Waals surface area (Å²) in [6.07, 6.45) is 4.98. The van der Waals surface area contributed by atoms with Crippen LogP contribution >= 0.6 is 27.5 Å². The van der Waals surface area contributed by atoms with Gasteiger partial charge in [0, 0.05) is 10.5 Å². The van der Waals surface area contributed by atoms with Gasteiger partial charge in [-0.1, -0.05) is 23.7 Å². The monoisotopic (exact) mass is 287 g/mol. The molecule has 1 nitrogen and oxygen atoms in total. The maximum absolute atomic E-state index is 6.06. The maximum atomic E-state index is 6.06. The molecule has 82 valence electrons. The van der Waals surface area contributed by atoms with E-state index in [2.05, 4.69) is 22.5 Å². The maximum Gasteiger partial charge on any atom is 0.0548 e. The van der Waals surface area contributed by atoms with E-state index in [9.17, 15) is 0 Å². The molecular weight excluding hydrogens is 273 g/mol. The second-order valence-corrected chi connectivity index (χ2v) is 4.76. The molecule has 0 spiro atoms. The summed E-state index contributed by atoms with van der Waals surface area (Å²) in [4.78, 5) is 0. The molecule has 1 aromatic rings. The molecule has 2 N–H and O–H groups in total. The van der Waals surface area contributed by atoms with Gasteiger partial charge < -0.3 is 5.73 Å². The fourth-order valence-electron chi connectivity index (χ4n) is 1.39. The van der Waals surface area contributed by atoms with E-state index in [4.69, 9.17) is 17.3 Å². The Morgan fingerprint density at radius 1 is 1.53 bits per heavy atom. The van der Waals surface area contributed by atoms with Gasteiger partial charge in [0.1, 0.15) is 0 Å². The molecule has 1 aromatic carbocycles. The van der Waals surface area contributed by atoms with Crippen LogP contribution in [-0.4, -0.2) is 0 Å². The molecule has 0 aliphatic heterocycles. The van der Waals surface area contributed by atoms with Crippen LogP contribution in [0.5, 0.6) is 0 Å². The zero-order valence-electron chi connectivity index (χ0n) is 8.55. The van der Waals surface area contributed by atoms with Crippen molar-refractivity contribution >= 4 is 27.5 Å². The van der Waals surface area contributed by atoms with Crippen LogP contribution in [0.25, 0.3) is 0 Å². The van der Waals surface area contributed by atoms with Gasteiger partial charge in [-0.2, -0.15) is 0 Å². The van der Waals surface area contributed by atoms with E-state index in [0.717, 1.165) is 34.3 Å². The first-order valence-corrected chi connectivity index (χ1v) is 6.13. The summed E-state index contributed by atoms with van der Waals surface area (Å²) in [5.74, 6) is 0. The quantitative estimate of drug-likeness (QED) is 0.628. The average Bonchev–Trinajstić information content (AvgIpc) is 2.22. The summed E-state index contributed by atoms with van der Waals surface area (Å²) in [5.41, 5.74) is 7.18. The van der Waals surface area contributed by atoms with E-state index in [1.165, 1.54) is 0 Å². The second-order valence-electron chi connectivity index (χ2n) is 3.50. The first-order valence-electron chi connectivity index (χ1n) is 4.96. The number of nitrogens with two attached hydrogens (primary N) is 1. The highest BCUT2D eigenvalue weighted by atomic mass is 79.9. The van der Waals surface area contributed by atoms with Gasteiger partial charge in [-0.25, -0.2) is 0 Å². The van der Waals surface area contributed by atoms with Crippen molar-refractivity contribution in [2.24, 2.45) is 5.73 Å². The molecule has 0 heterocycles. The van der Waals surface area contributed by atoms with Gasteiger partial charge in [0.25, 0.3) is 0 Å². The summed E-state index contributed by atoms with van der Waals surface area (Å²) >= 11 is 9.30. The molecule has 0 aliphatic carbocycles. The predicted octanol–water partition coefficient (Wildman–Crippen LogP) is 4.46. The molecule has 0 saturated carbocycles. The molecule has 1 unspecified atom stereocenters. The zero-order valence-corrected chi connectivity index (χ0v) is 10.9. The van der Waals surface area contributed by atoms with Crippen LogP contribution < -0.4 is 5.73 Å². The molecule has 0 fully saturated rings. The largest absolute Gasteiger partial charge is 0.324 e. The summed E-state index contributed by atoms with van der Waals surface area (Å²) in [7, 11) is 0. The van der Waals surface area contributed by atoms with E-state index >= 15 is 0 Å². The van der Waals surface area contributed by atoms with Crippen LogP contribution in [0.15, 0.2) is 35.3 Å². The minimum absolute atomic E-state index is 0.0820. The molecule has 0 amide bonds. The standard InChI is InChI=1S/C12H15BrClN/c1-2-3-4-5-12(15)9-6-7-11(14)10(13)8-9/h2,6-8,12H,1,3-5,15H2. The molecule has 0 saturated heterocycles. The fraction of sp³-hybridized carbons (Fsp3) is 0.333. The van der Waals surface area contributed by atoms with Crippen molar-refractivity contribution in [2.75, 3.05) is 0 Å². The number of halogens is 2. The number of benzene rings is 1. The van der Waals surface area contributed by atoms with E-state index in [1.807, 2.05) is 24.3 Å². The van der Waals surface area contributed by atoms with Crippen molar-refractivity contribution in [1.82, 2.24) is 0 Å². The molecule has 15 heavy (non-hydrogen) atoms. The van der Waals surface area contributed by atoms with Gasteiger partial charge in [-0.3, -0.25) is 0 Å². The summed E-state index contributed by atoms with van der Waals surface area (Å²) in [6.45, 7) is 3.69. The number of hydrogen-bond acceptors (Lipinski definition) is 1. The molecule has 0 aromatic heterocycles. The van der Waals surface area contributed by atoms with E-state index in [-0.39, 0.29) is 6.04 Å². The van der Waals surface area contributed by atoms with Crippen molar-refractivity contribution in [3.63, 3.8) is 0 Å². The highest BCUT2D eigenvalue weighted by molar-refractivity contribution is 9.10. The van der Waals surface area contributed by atoms with Gasteiger partial charge in [-0.05, 0) is 52.9 Å². The molecule has 1 rings (SSSR count). The Morgan fingerprint density at radius 3 is 2.87 bits per heavy atom. The summed E-state index contributed by atoms with van der Waals surface area (Å²) in [6, 6.07) is 5.92. The molecule has 1 atom stereocenters. The van der Waals surface area contributed by atoms with Gasteiger partial charge in [0.15, 0.2) is 0 Å². The number of allylic oxidation sites excluding steroid dienone is 1. The Morgan fingerprint density at radius 2 is 2.27 bits per heavy atom. The van der Waals surface area contributed by atoms with E-state index in [0.29, 0.717) is 0 Å². The fourth-order valence-corrected chi connectivity index (χ4v) is 1.91. The Kier molecular flexibility index (Phi) is 5.37. The Balaban J connectivity index is 2.61.